The van der Waals surface area contributed by atoms with Gasteiger partial charge in [0.1, 0.15) is 11.2 Å². The summed E-state index contributed by atoms with van der Waals surface area (Å²) in [6, 6.07) is 0. The molecule has 0 spiro atoms. The molecule has 4 nitrogen and oxygen atoms in total. The van der Waals surface area contributed by atoms with Crippen LogP contribution in [0.1, 0.15) is 146 Å². The average Bonchev–Trinajstić information content (AvgIpc) is 3.49. The van der Waals surface area contributed by atoms with Crippen molar-refractivity contribution in [1.82, 2.24) is 0 Å². The third-order valence-corrected chi connectivity index (χ3v) is 11.7. The van der Waals surface area contributed by atoms with Gasteiger partial charge in [0.2, 0.25) is 0 Å². The van der Waals surface area contributed by atoms with E-state index in [9.17, 15) is 15.3 Å². The van der Waals surface area contributed by atoms with E-state index >= 15 is 0 Å². The van der Waals surface area contributed by atoms with E-state index in [0.717, 1.165) is 31.6 Å². The SMILES string of the molecule is CC(C=CC1C(C)(C)C[C@H](O)C[C@@]1(C)O)CCCC(C)CCCCC(C)/C=C/CC(C)/C=C/[C@@]12O[C@]1(C)C[C@@H](O)CC2(C)C. The van der Waals surface area contributed by atoms with Crippen molar-refractivity contribution in [3.63, 3.8) is 0 Å². The molecular formula is C40H70O4. The van der Waals surface area contributed by atoms with Gasteiger partial charge in [0, 0.05) is 24.2 Å². The van der Waals surface area contributed by atoms with Crippen LogP contribution in [0.2, 0.25) is 0 Å². The van der Waals surface area contributed by atoms with Gasteiger partial charge in [-0.25, -0.2) is 0 Å². The second-order valence-corrected chi connectivity index (χ2v) is 17.6. The van der Waals surface area contributed by atoms with Gasteiger partial charge < -0.3 is 20.1 Å². The second-order valence-electron chi connectivity index (χ2n) is 17.6. The zero-order chi connectivity index (χ0) is 33.0. The predicted molar refractivity (Wildman–Crippen MR) is 185 cm³/mol. The Morgan fingerprint density at radius 1 is 0.705 bits per heavy atom. The van der Waals surface area contributed by atoms with Gasteiger partial charge in [-0.15, -0.1) is 0 Å². The fourth-order valence-electron chi connectivity index (χ4n) is 9.08. The molecule has 0 aromatic rings. The van der Waals surface area contributed by atoms with E-state index in [1.54, 1.807) is 0 Å². The highest BCUT2D eigenvalue weighted by Crippen LogP contribution is 2.66. The molecule has 3 aliphatic rings. The maximum Gasteiger partial charge on any atom is 0.121 e. The average molecular weight is 615 g/mol. The molecule has 3 fully saturated rings. The summed E-state index contributed by atoms with van der Waals surface area (Å²) in [5.41, 5.74) is -1.43. The van der Waals surface area contributed by atoms with Gasteiger partial charge in [-0.1, -0.05) is 124 Å². The van der Waals surface area contributed by atoms with E-state index in [0.29, 0.717) is 24.2 Å². The van der Waals surface area contributed by atoms with Crippen LogP contribution >= 0.6 is 0 Å². The minimum atomic E-state index is -0.845. The van der Waals surface area contributed by atoms with E-state index < -0.39 is 11.7 Å². The third-order valence-electron chi connectivity index (χ3n) is 11.7. The fourth-order valence-corrected chi connectivity index (χ4v) is 9.08. The van der Waals surface area contributed by atoms with Crippen LogP contribution in [0, 0.1) is 40.4 Å². The minimum absolute atomic E-state index is 0.0459. The highest BCUT2D eigenvalue weighted by molar-refractivity contribution is 5.32. The molecule has 44 heavy (non-hydrogen) atoms. The Morgan fingerprint density at radius 3 is 1.95 bits per heavy atom. The number of unbranched alkanes of at least 4 members (excludes halogenated alkanes) is 1. The molecule has 2 saturated carbocycles. The topological polar surface area (TPSA) is 73.2 Å². The molecule has 3 rings (SSSR count). The summed E-state index contributed by atoms with van der Waals surface area (Å²) in [6.07, 6.45) is 26.1. The van der Waals surface area contributed by atoms with E-state index in [-0.39, 0.29) is 34.1 Å². The molecular weight excluding hydrogens is 544 g/mol. The summed E-state index contributed by atoms with van der Waals surface area (Å²) >= 11 is 0. The number of hydrogen-bond donors (Lipinski definition) is 3. The molecule has 2 aliphatic carbocycles. The van der Waals surface area contributed by atoms with E-state index in [1.165, 1.54) is 44.9 Å². The van der Waals surface area contributed by atoms with Gasteiger partial charge in [0.15, 0.2) is 0 Å². The maximum atomic E-state index is 11.0. The van der Waals surface area contributed by atoms with Crippen LogP contribution in [-0.4, -0.2) is 44.3 Å². The Bertz CT molecular complexity index is 973. The fraction of sp³-hybridized carbons (Fsp3) is 0.850. The summed E-state index contributed by atoms with van der Waals surface area (Å²) in [4.78, 5) is 0. The second kappa shape index (κ2) is 14.9. The number of allylic oxidation sites excluding steroid dienone is 4. The monoisotopic (exact) mass is 615 g/mol. The first-order valence-electron chi connectivity index (χ1n) is 18.2. The number of epoxide rings is 1. The van der Waals surface area contributed by atoms with Gasteiger partial charge in [-0.05, 0) is 75.0 Å². The lowest BCUT2D eigenvalue weighted by Crippen LogP contribution is -2.50. The largest absolute Gasteiger partial charge is 0.393 e. The minimum Gasteiger partial charge on any atom is -0.393 e. The number of aliphatic hydroxyl groups excluding tert-OH is 2. The summed E-state index contributed by atoms with van der Waals surface area (Å²) in [7, 11) is 0. The summed E-state index contributed by atoms with van der Waals surface area (Å²) in [6.45, 7) is 22.2. The highest BCUT2D eigenvalue weighted by Gasteiger charge is 2.74. The zero-order valence-electron chi connectivity index (χ0n) is 30.2. The van der Waals surface area contributed by atoms with Crippen LogP contribution in [0.25, 0.3) is 0 Å². The predicted octanol–water partition coefficient (Wildman–Crippen LogP) is 9.58. The molecule has 0 aromatic heterocycles. The summed E-state index contributed by atoms with van der Waals surface area (Å²) in [5.74, 6) is 2.47. The zero-order valence-corrected chi connectivity index (χ0v) is 30.2. The van der Waals surface area contributed by atoms with Crippen LogP contribution in [0.3, 0.4) is 0 Å². The van der Waals surface area contributed by atoms with Gasteiger partial charge in [0.05, 0.1) is 17.8 Å². The summed E-state index contributed by atoms with van der Waals surface area (Å²) in [5, 5.41) is 31.4. The molecule has 4 heteroatoms. The molecule has 0 amide bonds. The number of aliphatic hydroxyl groups is 3. The number of ether oxygens (including phenoxy) is 1. The Kier molecular flexibility index (Phi) is 12.7. The van der Waals surface area contributed by atoms with E-state index in [4.69, 9.17) is 4.74 Å². The Morgan fingerprint density at radius 2 is 1.30 bits per heavy atom. The van der Waals surface area contributed by atoms with Gasteiger partial charge in [0.25, 0.3) is 0 Å². The number of hydrogen-bond acceptors (Lipinski definition) is 4. The quantitative estimate of drug-likeness (QED) is 0.0919. The van der Waals surface area contributed by atoms with Crippen molar-refractivity contribution in [2.75, 3.05) is 0 Å². The summed E-state index contributed by atoms with van der Waals surface area (Å²) < 4.78 is 6.30. The lowest BCUT2D eigenvalue weighted by molar-refractivity contribution is -0.111. The van der Waals surface area contributed by atoms with E-state index in [1.807, 2.05) is 6.92 Å². The Labute approximate surface area is 271 Å². The molecule has 1 heterocycles. The molecule has 0 aromatic carbocycles. The first-order valence-corrected chi connectivity index (χ1v) is 18.2. The highest BCUT2D eigenvalue weighted by atomic mass is 16.6. The molecule has 1 aliphatic heterocycles. The van der Waals surface area contributed by atoms with Crippen molar-refractivity contribution in [3.8, 4) is 0 Å². The molecule has 3 N–H and O–H groups in total. The molecule has 0 bridgehead atoms. The Balaban J connectivity index is 1.27. The van der Waals surface area contributed by atoms with Crippen molar-refractivity contribution in [2.24, 2.45) is 40.4 Å². The molecule has 1 saturated heterocycles. The Hall–Kier alpha value is -0.940. The maximum absolute atomic E-state index is 11.0. The lowest BCUT2D eigenvalue weighted by atomic mass is 9.61. The number of fused-ring (bicyclic) bond motifs is 1. The van der Waals surface area contributed by atoms with Crippen LogP contribution in [-0.2, 0) is 4.74 Å². The van der Waals surface area contributed by atoms with Crippen molar-refractivity contribution in [2.45, 2.75) is 175 Å². The van der Waals surface area contributed by atoms with Gasteiger partial charge in [-0.2, -0.15) is 0 Å². The molecule has 254 valence electrons. The van der Waals surface area contributed by atoms with Crippen LogP contribution < -0.4 is 0 Å². The lowest BCUT2D eigenvalue weighted by Gasteiger charge is -2.48. The van der Waals surface area contributed by atoms with Crippen LogP contribution in [0.15, 0.2) is 36.5 Å². The van der Waals surface area contributed by atoms with Crippen molar-refractivity contribution in [3.05, 3.63) is 36.5 Å². The molecule has 0 radical (unpaired) electrons. The molecule has 10 atom stereocenters. The smallest absolute Gasteiger partial charge is 0.121 e. The standard InChI is InChI=1S/C40H70O4/c1-29(17-13-19-31(3)21-22-35-36(5,6)25-33(41)27-38(35,9)43)15-11-12-16-30(2)18-14-20-32(4)23-24-40-37(7,8)26-34(42)28-39(40,10)44-40/h14,18,21-24,29-35,41-43H,11-13,15-17,19-20,25-28H2,1-10H3/b18-14+,22-21?,24-23+/t29?,30?,31?,32?,33-,34-,35?,38+,39+,40-/m0/s1. The number of rotatable bonds is 16. The van der Waals surface area contributed by atoms with Gasteiger partial charge in [-0.3, -0.25) is 0 Å². The first kappa shape index (κ1) is 37.5. The van der Waals surface area contributed by atoms with Crippen molar-refractivity contribution >= 4 is 0 Å². The van der Waals surface area contributed by atoms with Gasteiger partial charge >= 0.3 is 0 Å². The third kappa shape index (κ3) is 9.55. The normalized spacial score (nSPS) is 37.7. The van der Waals surface area contributed by atoms with E-state index in [2.05, 4.69) is 98.8 Å². The van der Waals surface area contributed by atoms with Crippen LogP contribution in [0.4, 0.5) is 0 Å². The van der Waals surface area contributed by atoms with Crippen LogP contribution in [0.5, 0.6) is 0 Å². The van der Waals surface area contributed by atoms with Crippen molar-refractivity contribution in [1.29, 1.82) is 0 Å². The molecule has 5 unspecified atom stereocenters. The van der Waals surface area contributed by atoms with Crippen molar-refractivity contribution < 1.29 is 20.1 Å². The first-order chi connectivity index (χ1) is 20.3.